The summed E-state index contributed by atoms with van der Waals surface area (Å²) in [6.07, 6.45) is 7.78. The lowest BCUT2D eigenvalue weighted by Crippen LogP contribution is -2.90. The van der Waals surface area contributed by atoms with Crippen LogP contribution in [0.2, 0.25) is 0 Å². The Morgan fingerprint density at radius 2 is 1.57 bits per heavy atom. The van der Waals surface area contributed by atoms with Crippen molar-refractivity contribution in [3.05, 3.63) is 36.4 Å². The first-order valence-electron chi connectivity index (χ1n) is 11.1. The van der Waals surface area contributed by atoms with E-state index in [-0.39, 0.29) is 5.41 Å². The molecule has 6 rings (SSSR count). The lowest BCUT2D eigenvalue weighted by molar-refractivity contribution is -0.454. The molecule has 0 aromatic heterocycles. The average Bonchev–Trinajstić information content (AvgIpc) is 2.62. The third-order valence-corrected chi connectivity index (χ3v) is 9.09. The van der Waals surface area contributed by atoms with Gasteiger partial charge < -0.3 is 15.4 Å². The molecule has 5 fully saturated rings. The minimum atomic E-state index is 0.202. The number of nitrogens with zero attached hydrogens (tertiary/aromatic N) is 1. The number of likely N-dealkylation sites (tertiary alicyclic amines) is 1. The molecule has 1 aliphatic heterocycles. The summed E-state index contributed by atoms with van der Waals surface area (Å²) in [5.41, 5.74) is 7.64. The van der Waals surface area contributed by atoms with Crippen LogP contribution in [0, 0.1) is 33.5 Å². The highest BCUT2D eigenvalue weighted by Gasteiger charge is 2.92. The van der Waals surface area contributed by atoms with Gasteiger partial charge in [-0.25, -0.2) is 0 Å². The monoisotopic (exact) mass is 382 g/mol. The summed E-state index contributed by atoms with van der Waals surface area (Å²) in [7, 11) is 2.16. The molecule has 5 aliphatic rings. The fourth-order valence-electron chi connectivity index (χ4n) is 8.08. The molecule has 1 spiro atoms. The molecule has 4 saturated carbocycles. The van der Waals surface area contributed by atoms with Crippen molar-refractivity contribution >= 4 is 6.29 Å². The van der Waals surface area contributed by atoms with E-state index in [4.69, 9.17) is 5.73 Å². The smallest absolute Gasteiger partial charge is 0.126 e. The average molecular weight is 383 g/mol. The van der Waals surface area contributed by atoms with Gasteiger partial charge in [0.25, 0.3) is 0 Å². The molecule has 154 valence electrons. The highest BCUT2D eigenvalue weighted by molar-refractivity contribution is 5.70. The fourth-order valence-corrected chi connectivity index (χ4v) is 8.08. The maximum absolute atomic E-state index is 11.1. The summed E-state index contributed by atoms with van der Waals surface area (Å²) in [4.78, 5) is 13.4. The largest absolute Gasteiger partial charge is 0.327 e. The molecule has 1 aromatic rings. The van der Waals surface area contributed by atoms with Crippen molar-refractivity contribution in [1.29, 1.82) is 0 Å². The summed E-state index contributed by atoms with van der Waals surface area (Å²) < 4.78 is 0. The van der Waals surface area contributed by atoms with Gasteiger partial charge in [-0.05, 0) is 73.8 Å². The van der Waals surface area contributed by atoms with E-state index in [1.165, 1.54) is 32.0 Å². The van der Waals surface area contributed by atoms with E-state index in [2.05, 4.69) is 32.7 Å². The number of nitrogens with two attached hydrogens (primary N) is 1. The number of rotatable bonds is 1. The summed E-state index contributed by atoms with van der Waals surface area (Å²) >= 11 is 0. The predicted octanol–water partition coefficient (Wildman–Crippen LogP) is 4.37. The van der Waals surface area contributed by atoms with Crippen LogP contribution >= 0.6 is 0 Å². The van der Waals surface area contributed by atoms with Crippen LogP contribution in [0.5, 0.6) is 0 Å². The molecule has 0 bridgehead atoms. The van der Waals surface area contributed by atoms with Gasteiger partial charge in [0, 0.05) is 18.0 Å². The van der Waals surface area contributed by atoms with E-state index in [9.17, 15) is 4.79 Å². The van der Waals surface area contributed by atoms with Gasteiger partial charge in [0.15, 0.2) is 0 Å². The molecule has 4 aliphatic carbocycles. The molecule has 0 radical (unpaired) electrons. The number of carbonyl (C=O) groups excluding carboxylic acids is 1. The highest BCUT2D eigenvalue weighted by Crippen LogP contribution is 2.96. The zero-order valence-electron chi connectivity index (χ0n) is 18.2. The SMILES string of the molecule is CC12CC3CC4CC(C=O)(C1)C342.CN1CCC(N)C(C)(C)C1.c1ccccc1. The fraction of sp³-hybridized carbons (Fsp3) is 0.720. The highest BCUT2D eigenvalue weighted by atomic mass is 16.1. The Morgan fingerprint density at radius 3 is 1.93 bits per heavy atom. The van der Waals surface area contributed by atoms with Gasteiger partial charge in [0.2, 0.25) is 0 Å². The Labute approximate surface area is 171 Å². The van der Waals surface area contributed by atoms with E-state index in [0.29, 0.717) is 22.3 Å². The number of aldehydes is 1. The molecular weight excluding hydrogens is 344 g/mol. The summed E-state index contributed by atoms with van der Waals surface area (Å²) in [5.74, 6) is 1.92. The van der Waals surface area contributed by atoms with Crippen molar-refractivity contribution < 1.29 is 4.79 Å². The Hall–Kier alpha value is -1.19. The van der Waals surface area contributed by atoms with Crippen LogP contribution < -0.4 is 5.73 Å². The van der Waals surface area contributed by atoms with E-state index in [1.807, 2.05) is 36.4 Å². The molecule has 1 aromatic carbocycles. The third kappa shape index (κ3) is 2.58. The van der Waals surface area contributed by atoms with Crippen LogP contribution in [-0.4, -0.2) is 37.4 Å². The van der Waals surface area contributed by atoms with Crippen molar-refractivity contribution in [3.63, 3.8) is 0 Å². The molecular formula is C25H38N2O. The quantitative estimate of drug-likeness (QED) is 0.734. The van der Waals surface area contributed by atoms with Gasteiger partial charge in [-0.1, -0.05) is 57.2 Å². The first kappa shape index (κ1) is 20.1. The van der Waals surface area contributed by atoms with Gasteiger partial charge in [-0.2, -0.15) is 0 Å². The topological polar surface area (TPSA) is 46.3 Å². The van der Waals surface area contributed by atoms with Crippen LogP contribution in [0.1, 0.15) is 52.9 Å². The molecule has 6 unspecified atom stereocenters. The van der Waals surface area contributed by atoms with Crippen molar-refractivity contribution in [2.24, 2.45) is 39.2 Å². The van der Waals surface area contributed by atoms with E-state index in [1.54, 1.807) is 0 Å². The zero-order valence-corrected chi connectivity index (χ0v) is 18.2. The lowest BCUT2D eigenvalue weighted by atomic mass is 9.09. The predicted molar refractivity (Wildman–Crippen MR) is 115 cm³/mol. The molecule has 1 saturated heterocycles. The maximum Gasteiger partial charge on any atom is 0.126 e. The number of carbonyl (C=O) groups is 1. The van der Waals surface area contributed by atoms with Crippen LogP contribution in [0.25, 0.3) is 0 Å². The number of benzene rings is 1. The minimum Gasteiger partial charge on any atom is -0.327 e. The molecule has 0 amide bonds. The van der Waals surface area contributed by atoms with Gasteiger partial charge in [0.1, 0.15) is 6.29 Å². The Balaban J connectivity index is 0.000000109. The maximum atomic E-state index is 11.1. The van der Waals surface area contributed by atoms with Crippen LogP contribution in [0.4, 0.5) is 0 Å². The Morgan fingerprint density at radius 1 is 1.00 bits per heavy atom. The molecule has 1 heterocycles. The molecule has 3 nitrogen and oxygen atoms in total. The van der Waals surface area contributed by atoms with E-state index < -0.39 is 0 Å². The first-order chi connectivity index (χ1) is 13.2. The van der Waals surface area contributed by atoms with Crippen molar-refractivity contribution in [2.75, 3.05) is 20.1 Å². The van der Waals surface area contributed by atoms with Crippen molar-refractivity contribution in [2.45, 2.75) is 58.9 Å². The second-order valence-corrected chi connectivity index (χ2v) is 11.2. The Bertz CT molecular complexity index is 686. The normalized spacial score (nSPS) is 46.1. The number of hydrogen-bond acceptors (Lipinski definition) is 3. The number of hydrogen-bond donors (Lipinski definition) is 1. The summed E-state index contributed by atoms with van der Waals surface area (Å²) in [5, 5.41) is 0. The van der Waals surface area contributed by atoms with Crippen molar-refractivity contribution in [1.82, 2.24) is 4.90 Å². The van der Waals surface area contributed by atoms with Gasteiger partial charge in [-0.15, -0.1) is 0 Å². The van der Waals surface area contributed by atoms with Crippen LogP contribution in [0.3, 0.4) is 0 Å². The first-order valence-corrected chi connectivity index (χ1v) is 11.1. The molecule has 6 atom stereocenters. The standard InChI is InChI=1S/C11H14O.C8H18N2.C6H6/c1-9-3-7-2-8-4-10(5-9,6-12)11(7,8)9;1-8(2)6-10(3)5-4-7(8)9;1-2-4-6-5-3-1/h6-8H,2-5H2,1H3;7H,4-6,9H2,1-3H3;1-6H. The van der Waals surface area contributed by atoms with Crippen LogP contribution in [-0.2, 0) is 4.79 Å². The Kier molecular flexibility index (Phi) is 4.79. The lowest BCUT2D eigenvalue weighted by Gasteiger charge is -2.94. The number of piperidine rings is 1. The molecule has 2 N–H and O–H groups in total. The minimum absolute atomic E-state index is 0.202. The molecule has 3 heteroatoms. The van der Waals surface area contributed by atoms with Crippen LogP contribution in [0.15, 0.2) is 36.4 Å². The molecule has 28 heavy (non-hydrogen) atoms. The third-order valence-electron chi connectivity index (χ3n) is 9.09. The second kappa shape index (κ2) is 6.67. The van der Waals surface area contributed by atoms with E-state index in [0.717, 1.165) is 31.3 Å². The van der Waals surface area contributed by atoms with Gasteiger partial charge in [0.05, 0.1) is 0 Å². The summed E-state index contributed by atoms with van der Waals surface area (Å²) in [6.45, 7) is 9.19. The van der Waals surface area contributed by atoms with Crippen molar-refractivity contribution in [3.8, 4) is 0 Å². The summed E-state index contributed by atoms with van der Waals surface area (Å²) in [6, 6.07) is 12.4. The van der Waals surface area contributed by atoms with Gasteiger partial charge >= 0.3 is 0 Å². The van der Waals surface area contributed by atoms with Gasteiger partial charge in [-0.3, -0.25) is 0 Å². The van der Waals surface area contributed by atoms with E-state index >= 15 is 0 Å². The second-order valence-electron chi connectivity index (χ2n) is 11.2. The zero-order chi connectivity index (χ0) is 20.2.